The van der Waals surface area contributed by atoms with Crippen molar-refractivity contribution in [1.29, 1.82) is 0 Å². The molecule has 1 saturated heterocycles. The first kappa shape index (κ1) is 21.3. The number of benzene rings is 1. The van der Waals surface area contributed by atoms with Crippen molar-refractivity contribution in [2.24, 2.45) is 0 Å². The SMILES string of the molecule is CCCCNC(=O)COC(=O)c1ccc(F)c(S(=O)(=O)N2CCCCC2)c1. The summed E-state index contributed by atoms with van der Waals surface area (Å²) < 4.78 is 45.6. The lowest BCUT2D eigenvalue weighted by molar-refractivity contribution is -0.124. The quantitative estimate of drug-likeness (QED) is 0.533. The van der Waals surface area contributed by atoms with Crippen LogP contribution in [0.1, 0.15) is 49.4 Å². The maximum Gasteiger partial charge on any atom is 0.338 e. The Hall–Kier alpha value is -2.00. The monoisotopic (exact) mass is 400 g/mol. The number of carbonyl (C=O) groups excluding carboxylic acids is 2. The number of amides is 1. The van der Waals surface area contributed by atoms with Crippen molar-refractivity contribution in [3.8, 4) is 0 Å². The first-order chi connectivity index (χ1) is 12.9. The van der Waals surface area contributed by atoms with Crippen molar-refractivity contribution in [3.05, 3.63) is 29.6 Å². The van der Waals surface area contributed by atoms with E-state index in [2.05, 4.69) is 5.32 Å². The van der Waals surface area contributed by atoms with Gasteiger partial charge in [0.1, 0.15) is 10.7 Å². The average Bonchev–Trinajstić information content (AvgIpc) is 2.67. The van der Waals surface area contributed by atoms with E-state index in [4.69, 9.17) is 4.74 Å². The molecule has 0 spiro atoms. The second-order valence-corrected chi connectivity index (χ2v) is 8.30. The van der Waals surface area contributed by atoms with Crippen LogP contribution in [0.5, 0.6) is 0 Å². The molecule has 0 atom stereocenters. The summed E-state index contributed by atoms with van der Waals surface area (Å²) in [6.45, 7) is 2.65. The number of halogens is 1. The molecule has 1 aromatic carbocycles. The highest BCUT2D eigenvalue weighted by Crippen LogP contribution is 2.24. The predicted molar refractivity (Wildman–Crippen MR) is 97.2 cm³/mol. The molecule has 1 fully saturated rings. The molecule has 1 N–H and O–H groups in total. The highest BCUT2D eigenvalue weighted by Gasteiger charge is 2.29. The molecule has 9 heteroatoms. The minimum Gasteiger partial charge on any atom is -0.452 e. The number of nitrogens with one attached hydrogen (secondary N) is 1. The van der Waals surface area contributed by atoms with E-state index in [1.165, 1.54) is 4.31 Å². The van der Waals surface area contributed by atoms with E-state index >= 15 is 0 Å². The normalized spacial score (nSPS) is 15.3. The van der Waals surface area contributed by atoms with Crippen molar-refractivity contribution in [2.45, 2.75) is 43.9 Å². The molecule has 0 bridgehead atoms. The fourth-order valence-electron chi connectivity index (χ4n) is 2.74. The van der Waals surface area contributed by atoms with Crippen LogP contribution in [0.2, 0.25) is 0 Å². The summed E-state index contributed by atoms with van der Waals surface area (Å²) in [5, 5.41) is 2.60. The summed E-state index contributed by atoms with van der Waals surface area (Å²) in [5.74, 6) is -2.25. The van der Waals surface area contributed by atoms with Gasteiger partial charge in [-0.1, -0.05) is 19.8 Å². The van der Waals surface area contributed by atoms with Crippen LogP contribution in [0.3, 0.4) is 0 Å². The summed E-state index contributed by atoms with van der Waals surface area (Å²) in [6.07, 6.45) is 4.10. The summed E-state index contributed by atoms with van der Waals surface area (Å²) in [7, 11) is -4.02. The zero-order valence-electron chi connectivity index (χ0n) is 15.4. The molecule has 1 amide bonds. The molecule has 0 aliphatic carbocycles. The summed E-state index contributed by atoms with van der Waals surface area (Å²) in [6, 6.07) is 3.03. The standard InChI is InChI=1S/C18H25FN2O5S/c1-2-3-9-20-17(22)13-26-18(23)14-7-8-15(19)16(12-14)27(24,25)21-10-5-4-6-11-21/h7-8,12H,2-6,9-11,13H2,1H3,(H,20,22). The molecule has 0 aromatic heterocycles. The number of ether oxygens (including phenoxy) is 1. The van der Waals surface area contributed by atoms with E-state index < -0.39 is 39.2 Å². The number of piperidine rings is 1. The van der Waals surface area contributed by atoms with Crippen molar-refractivity contribution in [1.82, 2.24) is 9.62 Å². The molecule has 0 radical (unpaired) electrons. The Labute approximate surface area is 158 Å². The van der Waals surface area contributed by atoms with Crippen LogP contribution in [0.4, 0.5) is 4.39 Å². The van der Waals surface area contributed by atoms with Crippen molar-refractivity contribution < 1.29 is 27.1 Å². The Kier molecular flexibility index (Phi) is 7.73. The van der Waals surface area contributed by atoms with E-state index in [0.717, 1.165) is 50.3 Å². The van der Waals surface area contributed by atoms with Crippen molar-refractivity contribution in [2.75, 3.05) is 26.2 Å². The Morgan fingerprint density at radius 2 is 1.93 bits per heavy atom. The van der Waals surface area contributed by atoms with E-state index in [0.29, 0.717) is 19.6 Å². The number of esters is 1. The van der Waals surface area contributed by atoms with Gasteiger partial charge in [-0.2, -0.15) is 4.31 Å². The fourth-order valence-corrected chi connectivity index (χ4v) is 4.35. The lowest BCUT2D eigenvalue weighted by atomic mass is 10.2. The van der Waals surface area contributed by atoms with Gasteiger partial charge in [0.25, 0.3) is 5.91 Å². The Balaban J connectivity index is 2.07. The molecule has 0 saturated carbocycles. The van der Waals surface area contributed by atoms with Gasteiger partial charge in [-0.3, -0.25) is 4.79 Å². The molecule has 1 aliphatic rings. The van der Waals surface area contributed by atoms with Crippen LogP contribution in [-0.4, -0.2) is 50.8 Å². The molecule has 2 rings (SSSR count). The number of hydrogen-bond donors (Lipinski definition) is 1. The zero-order valence-corrected chi connectivity index (χ0v) is 16.2. The van der Waals surface area contributed by atoms with Gasteiger partial charge in [-0.15, -0.1) is 0 Å². The van der Waals surface area contributed by atoms with E-state index in [9.17, 15) is 22.4 Å². The molecular weight excluding hydrogens is 375 g/mol. The first-order valence-electron chi connectivity index (χ1n) is 9.09. The van der Waals surface area contributed by atoms with Gasteiger partial charge in [0.2, 0.25) is 10.0 Å². The molecule has 150 valence electrons. The number of carbonyl (C=O) groups is 2. The number of hydrogen-bond acceptors (Lipinski definition) is 5. The Morgan fingerprint density at radius 1 is 1.22 bits per heavy atom. The van der Waals surface area contributed by atoms with Gasteiger partial charge in [-0.05, 0) is 37.5 Å². The lowest BCUT2D eigenvalue weighted by Gasteiger charge is -2.26. The molecule has 7 nitrogen and oxygen atoms in total. The number of unbranched alkanes of at least 4 members (excludes halogenated alkanes) is 1. The summed E-state index contributed by atoms with van der Waals surface area (Å²) in [5.41, 5.74) is -0.117. The Morgan fingerprint density at radius 3 is 2.59 bits per heavy atom. The molecule has 0 unspecified atom stereocenters. The van der Waals surface area contributed by atoms with Crippen molar-refractivity contribution in [3.63, 3.8) is 0 Å². The van der Waals surface area contributed by atoms with Crippen LogP contribution in [-0.2, 0) is 19.6 Å². The van der Waals surface area contributed by atoms with Gasteiger partial charge in [0.15, 0.2) is 6.61 Å². The average molecular weight is 400 g/mol. The number of nitrogens with zero attached hydrogens (tertiary/aromatic N) is 1. The van der Waals surface area contributed by atoms with E-state index in [1.54, 1.807) is 0 Å². The van der Waals surface area contributed by atoms with Gasteiger partial charge in [0.05, 0.1) is 5.56 Å². The van der Waals surface area contributed by atoms with Crippen LogP contribution >= 0.6 is 0 Å². The third kappa shape index (κ3) is 5.74. The minimum absolute atomic E-state index is 0.117. The maximum atomic E-state index is 14.1. The number of rotatable bonds is 8. The second kappa shape index (κ2) is 9.80. The van der Waals surface area contributed by atoms with Crippen LogP contribution in [0, 0.1) is 5.82 Å². The third-order valence-corrected chi connectivity index (χ3v) is 6.20. The second-order valence-electron chi connectivity index (χ2n) is 6.39. The third-order valence-electron chi connectivity index (χ3n) is 4.29. The molecule has 1 heterocycles. The molecule has 1 aliphatic heterocycles. The zero-order chi connectivity index (χ0) is 19.9. The smallest absolute Gasteiger partial charge is 0.338 e. The predicted octanol–water partition coefficient (Wildman–Crippen LogP) is 2.07. The van der Waals surface area contributed by atoms with Crippen LogP contribution < -0.4 is 5.32 Å². The van der Waals surface area contributed by atoms with Gasteiger partial charge in [0, 0.05) is 19.6 Å². The summed E-state index contributed by atoms with van der Waals surface area (Å²) >= 11 is 0. The largest absolute Gasteiger partial charge is 0.452 e. The summed E-state index contributed by atoms with van der Waals surface area (Å²) in [4.78, 5) is 23.2. The number of sulfonamides is 1. The fraction of sp³-hybridized carbons (Fsp3) is 0.556. The van der Waals surface area contributed by atoms with Gasteiger partial charge < -0.3 is 10.1 Å². The molecule has 27 heavy (non-hydrogen) atoms. The molecular formula is C18H25FN2O5S. The Bertz CT molecular complexity index is 776. The van der Waals surface area contributed by atoms with E-state index in [1.807, 2.05) is 6.92 Å². The van der Waals surface area contributed by atoms with Gasteiger partial charge >= 0.3 is 5.97 Å². The highest BCUT2D eigenvalue weighted by molar-refractivity contribution is 7.89. The van der Waals surface area contributed by atoms with Gasteiger partial charge in [-0.25, -0.2) is 17.6 Å². The first-order valence-corrected chi connectivity index (χ1v) is 10.5. The van der Waals surface area contributed by atoms with Crippen LogP contribution in [0.15, 0.2) is 23.1 Å². The molecule has 1 aromatic rings. The maximum absolute atomic E-state index is 14.1. The lowest BCUT2D eigenvalue weighted by Crippen LogP contribution is -2.36. The minimum atomic E-state index is -4.02. The van der Waals surface area contributed by atoms with E-state index in [-0.39, 0.29) is 5.56 Å². The van der Waals surface area contributed by atoms with Crippen LogP contribution in [0.25, 0.3) is 0 Å². The van der Waals surface area contributed by atoms with Crippen molar-refractivity contribution >= 4 is 21.9 Å². The topological polar surface area (TPSA) is 92.8 Å². The highest BCUT2D eigenvalue weighted by atomic mass is 32.2.